The molecular formula is C15H22N2O2S. The molecule has 1 heterocycles. The molecule has 5 heteroatoms. The number of nitrogens with one attached hydrogen (secondary N) is 1. The number of thioether (sulfide) groups is 1. The van der Waals surface area contributed by atoms with Crippen LogP contribution in [0.25, 0.3) is 11.1 Å². The Bertz CT molecular complexity index is 468. The first-order chi connectivity index (χ1) is 9.90. The summed E-state index contributed by atoms with van der Waals surface area (Å²) in [5.41, 5.74) is 1.79. The third kappa shape index (κ3) is 5.15. The molecule has 0 fully saturated rings. The fourth-order valence-corrected chi connectivity index (χ4v) is 2.58. The van der Waals surface area contributed by atoms with E-state index < -0.39 is 0 Å². The summed E-state index contributed by atoms with van der Waals surface area (Å²) in [5.74, 6) is 0.971. The van der Waals surface area contributed by atoms with Crippen molar-refractivity contribution in [2.24, 2.45) is 0 Å². The van der Waals surface area contributed by atoms with Gasteiger partial charge in [-0.25, -0.2) is 4.98 Å². The van der Waals surface area contributed by atoms with E-state index in [-0.39, 0.29) is 0 Å². The molecule has 0 unspecified atom stereocenters. The summed E-state index contributed by atoms with van der Waals surface area (Å²) < 4.78 is 10.9. The van der Waals surface area contributed by atoms with Gasteiger partial charge in [0.25, 0.3) is 5.22 Å². The van der Waals surface area contributed by atoms with Crippen LogP contribution in [-0.4, -0.2) is 37.0 Å². The van der Waals surface area contributed by atoms with Crippen LogP contribution >= 0.6 is 11.8 Å². The van der Waals surface area contributed by atoms with Crippen LogP contribution in [0.1, 0.15) is 19.8 Å². The van der Waals surface area contributed by atoms with Gasteiger partial charge in [-0.3, -0.25) is 0 Å². The van der Waals surface area contributed by atoms with Gasteiger partial charge < -0.3 is 14.5 Å². The zero-order valence-corrected chi connectivity index (χ0v) is 12.7. The highest BCUT2D eigenvalue weighted by molar-refractivity contribution is 7.99. The molecule has 0 radical (unpaired) electrons. The Hall–Kier alpha value is -1.04. The van der Waals surface area contributed by atoms with Crippen molar-refractivity contribution >= 4 is 22.9 Å². The van der Waals surface area contributed by atoms with E-state index in [1.165, 1.54) is 0 Å². The molecule has 2 aromatic rings. The van der Waals surface area contributed by atoms with Crippen molar-refractivity contribution in [1.82, 2.24) is 10.3 Å². The monoisotopic (exact) mass is 294 g/mol. The summed E-state index contributed by atoms with van der Waals surface area (Å²) in [6.07, 6.45) is 2.28. The first kappa shape index (κ1) is 15.4. The molecule has 1 N–H and O–H groups in total. The van der Waals surface area contributed by atoms with E-state index in [4.69, 9.17) is 9.15 Å². The number of rotatable bonds is 10. The van der Waals surface area contributed by atoms with E-state index in [1.54, 1.807) is 11.8 Å². The van der Waals surface area contributed by atoms with Gasteiger partial charge in [0.1, 0.15) is 5.52 Å². The largest absolute Gasteiger partial charge is 0.431 e. The van der Waals surface area contributed by atoms with Crippen molar-refractivity contribution in [2.75, 3.05) is 32.1 Å². The second-order valence-corrected chi connectivity index (χ2v) is 5.50. The van der Waals surface area contributed by atoms with Gasteiger partial charge in [-0.05, 0) is 38.4 Å². The smallest absolute Gasteiger partial charge is 0.256 e. The van der Waals surface area contributed by atoms with Crippen molar-refractivity contribution in [1.29, 1.82) is 0 Å². The van der Waals surface area contributed by atoms with Crippen LogP contribution < -0.4 is 5.32 Å². The molecule has 0 saturated carbocycles. The molecule has 4 nitrogen and oxygen atoms in total. The molecular weight excluding hydrogens is 272 g/mol. The van der Waals surface area contributed by atoms with Crippen LogP contribution in [0, 0.1) is 0 Å². The van der Waals surface area contributed by atoms with Crippen LogP contribution in [0.4, 0.5) is 0 Å². The van der Waals surface area contributed by atoms with Gasteiger partial charge in [0.2, 0.25) is 0 Å². The third-order valence-electron chi connectivity index (χ3n) is 2.87. The summed E-state index contributed by atoms with van der Waals surface area (Å²) in [5, 5.41) is 4.17. The van der Waals surface area contributed by atoms with Gasteiger partial charge in [-0.2, -0.15) is 0 Å². The van der Waals surface area contributed by atoms with Crippen LogP contribution in [0.5, 0.6) is 0 Å². The number of para-hydroxylation sites is 2. The minimum Gasteiger partial charge on any atom is -0.431 e. The molecule has 0 amide bonds. The highest BCUT2D eigenvalue weighted by atomic mass is 32.2. The van der Waals surface area contributed by atoms with Crippen LogP contribution in [0.15, 0.2) is 33.9 Å². The SMILES string of the molecule is CCOCCCCNCCSc1nc2ccccc2o1. The van der Waals surface area contributed by atoms with Gasteiger partial charge in [-0.15, -0.1) is 0 Å². The quantitative estimate of drug-likeness (QED) is 0.538. The van der Waals surface area contributed by atoms with E-state index in [0.717, 1.165) is 61.2 Å². The fourth-order valence-electron chi connectivity index (χ4n) is 1.85. The standard InChI is InChI=1S/C15H22N2O2S/c1-2-18-11-6-5-9-16-10-12-20-15-17-13-7-3-4-8-14(13)19-15/h3-4,7-8,16H,2,5-6,9-12H2,1H3. The molecule has 0 saturated heterocycles. The highest BCUT2D eigenvalue weighted by Gasteiger charge is 2.04. The number of hydrogen-bond acceptors (Lipinski definition) is 5. The molecule has 1 aromatic carbocycles. The molecule has 1 aromatic heterocycles. The number of fused-ring (bicyclic) bond motifs is 1. The van der Waals surface area contributed by atoms with Gasteiger partial charge >= 0.3 is 0 Å². The number of aromatic nitrogens is 1. The lowest BCUT2D eigenvalue weighted by Gasteiger charge is -2.03. The zero-order valence-electron chi connectivity index (χ0n) is 11.9. The molecule has 0 atom stereocenters. The van der Waals surface area contributed by atoms with Gasteiger partial charge in [-0.1, -0.05) is 23.9 Å². The van der Waals surface area contributed by atoms with Crippen LogP contribution in [0.2, 0.25) is 0 Å². The van der Waals surface area contributed by atoms with E-state index in [0.29, 0.717) is 0 Å². The van der Waals surface area contributed by atoms with E-state index in [9.17, 15) is 0 Å². The Kier molecular flexibility index (Phi) is 6.91. The lowest BCUT2D eigenvalue weighted by molar-refractivity contribution is 0.143. The number of ether oxygens (including phenoxy) is 1. The molecule has 0 aliphatic rings. The Balaban J connectivity index is 1.55. The lowest BCUT2D eigenvalue weighted by Crippen LogP contribution is -2.18. The summed E-state index contributed by atoms with van der Waals surface area (Å²) in [4.78, 5) is 4.43. The summed E-state index contributed by atoms with van der Waals surface area (Å²) in [7, 11) is 0. The van der Waals surface area contributed by atoms with Crippen molar-refractivity contribution < 1.29 is 9.15 Å². The molecule has 20 heavy (non-hydrogen) atoms. The maximum absolute atomic E-state index is 5.65. The molecule has 0 bridgehead atoms. The third-order valence-corrected chi connectivity index (χ3v) is 3.70. The zero-order chi connectivity index (χ0) is 14.0. The van der Waals surface area contributed by atoms with Crippen molar-refractivity contribution in [2.45, 2.75) is 25.0 Å². The highest BCUT2D eigenvalue weighted by Crippen LogP contribution is 2.22. The molecule has 110 valence electrons. The molecule has 0 spiro atoms. The average molecular weight is 294 g/mol. The second kappa shape index (κ2) is 9.00. The van der Waals surface area contributed by atoms with E-state index in [1.807, 2.05) is 31.2 Å². The van der Waals surface area contributed by atoms with Crippen molar-refractivity contribution in [3.05, 3.63) is 24.3 Å². The average Bonchev–Trinajstić information content (AvgIpc) is 2.88. The Labute approximate surface area is 124 Å². The fraction of sp³-hybridized carbons (Fsp3) is 0.533. The molecule has 2 rings (SSSR count). The predicted molar refractivity (Wildman–Crippen MR) is 83.3 cm³/mol. The number of benzene rings is 1. The number of oxazole rings is 1. The summed E-state index contributed by atoms with van der Waals surface area (Å²) in [6.45, 7) is 5.73. The second-order valence-electron chi connectivity index (χ2n) is 4.45. The van der Waals surface area contributed by atoms with E-state index in [2.05, 4.69) is 10.3 Å². The first-order valence-electron chi connectivity index (χ1n) is 7.17. The Morgan fingerprint density at radius 3 is 3.00 bits per heavy atom. The summed E-state index contributed by atoms with van der Waals surface area (Å²) >= 11 is 1.65. The normalized spacial score (nSPS) is 11.2. The minimum absolute atomic E-state index is 0.754. The number of nitrogens with zero attached hydrogens (tertiary/aromatic N) is 1. The number of unbranched alkanes of at least 4 members (excludes halogenated alkanes) is 1. The predicted octanol–water partition coefficient (Wildman–Crippen LogP) is 3.33. The maximum Gasteiger partial charge on any atom is 0.256 e. The van der Waals surface area contributed by atoms with Gasteiger partial charge in [0.05, 0.1) is 0 Å². The Morgan fingerprint density at radius 2 is 2.15 bits per heavy atom. The van der Waals surface area contributed by atoms with Gasteiger partial charge in [0.15, 0.2) is 5.58 Å². The maximum atomic E-state index is 5.65. The van der Waals surface area contributed by atoms with Gasteiger partial charge in [0, 0.05) is 25.5 Å². The van der Waals surface area contributed by atoms with Crippen LogP contribution in [-0.2, 0) is 4.74 Å². The Morgan fingerprint density at radius 1 is 1.25 bits per heavy atom. The van der Waals surface area contributed by atoms with Crippen LogP contribution in [0.3, 0.4) is 0 Å². The first-order valence-corrected chi connectivity index (χ1v) is 8.15. The van der Waals surface area contributed by atoms with Crippen molar-refractivity contribution in [3.63, 3.8) is 0 Å². The molecule has 0 aliphatic heterocycles. The number of hydrogen-bond donors (Lipinski definition) is 1. The van der Waals surface area contributed by atoms with E-state index >= 15 is 0 Å². The summed E-state index contributed by atoms with van der Waals surface area (Å²) in [6, 6.07) is 7.86. The van der Waals surface area contributed by atoms with Crippen molar-refractivity contribution in [3.8, 4) is 0 Å². The lowest BCUT2D eigenvalue weighted by atomic mass is 10.3. The molecule has 0 aliphatic carbocycles. The minimum atomic E-state index is 0.754. The topological polar surface area (TPSA) is 47.3 Å².